The number of H-pyrrole nitrogens is 1. The second kappa shape index (κ2) is 8.42. The van der Waals surface area contributed by atoms with Crippen molar-refractivity contribution in [1.82, 2.24) is 19.6 Å². The predicted octanol–water partition coefficient (Wildman–Crippen LogP) is 4.12. The number of rotatable bonds is 6. The lowest BCUT2D eigenvalue weighted by atomic mass is 10.1. The first-order valence-corrected chi connectivity index (χ1v) is 9.99. The van der Waals surface area contributed by atoms with Gasteiger partial charge in [0, 0.05) is 7.11 Å². The van der Waals surface area contributed by atoms with Crippen molar-refractivity contribution >= 4 is 16.7 Å². The number of para-hydroxylation sites is 1. The lowest BCUT2D eigenvalue weighted by Crippen LogP contribution is -2.20. The summed E-state index contributed by atoms with van der Waals surface area (Å²) in [5, 5.41) is 13.8. The number of halogens is 2. The molecule has 0 spiro atoms. The highest BCUT2D eigenvalue weighted by Crippen LogP contribution is 2.32. The van der Waals surface area contributed by atoms with Gasteiger partial charge in [0.25, 0.3) is 5.56 Å². The fourth-order valence-electron chi connectivity index (χ4n) is 3.77. The molecule has 0 radical (unpaired) electrons. The van der Waals surface area contributed by atoms with Crippen molar-refractivity contribution in [3.8, 4) is 34.4 Å². The number of methoxy groups -OCH3 is 1. The highest BCUT2D eigenvalue weighted by atomic mass is 19.3. The van der Waals surface area contributed by atoms with Crippen LogP contribution in [0.3, 0.4) is 0 Å². The Morgan fingerprint density at radius 2 is 1.97 bits per heavy atom. The van der Waals surface area contributed by atoms with Crippen molar-refractivity contribution in [2.45, 2.75) is 13.2 Å². The molecule has 11 heteroatoms. The molecule has 5 aromatic rings. The second-order valence-corrected chi connectivity index (χ2v) is 7.18. The maximum Gasteiger partial charge on any atom is 0.387 e. The van der Waals surface area contributed by atoms with Crippen LogP contribution in [0.1, 0.15) is 11.4 Å². The summed E-state index contributed by atoms with van der Waals surface area (Å²) in [4.78, 5) is 20.9. The van der Waals surface area contributed by atoms with E-state index in [0.717, 1.165) is 4.52 Å². The van der Waals surface area contributed by atoms with Crippen LogP contribution in [0.5, 0.6) is 5.75 Å². The molecule has 0 saturated carbocycles. The molecular formula is C23H15F2N5O4. The highest BCUT2D eigenvalue weighted by Gasteiger charge is 2.25. The van der Waals surface area contributed by atoms with Crippen LogP contribution in [0.25, 0.3) is 39.3 Å². The van der Waals surface area contributed by atoms with E-state index in [9.17, 15) is 18.8 Å². The molecule has 0 saturated heterocycles. The van der Waals surface area contributed by atoms with Crippen LogP contribution in [0, 0.1) is 11.3 Å². The first-order chi connectivity index (χ1) is 16.5. The molecular weight excluding hydrogens is 448 g/mol. The average Bonchev–Trinajstić information content (AvgIpc) is 3.42. The Bertz CT molecular complexity index is 1620. The third-order valence-electron chi connectivity index (χ3n) is 5.13. The molecule has 170 valence electrons. The SMILES string of the molecule is COCc1[nH]c2c(-c3ccccc3)c(C#N)nn2c(=O)c1-c1nc2c(OC(F)F)cccc2o1. The summed E-state index contributed by atoms with van der Waals surface area (Å²) in [5.74, 6) is -0.323. The molecule has 2 aromatic carbocycles. The minimum absolute atomic E-state index is 0.0138. The van der Waals surface area contributed by atoms with Crippen LogP contribution < -0.4 is 10.3 Å². The molecule has 0 unspecified atom stereocenters. The monoisotopic (exact) mass is 463 g/mol. The highest BCUT2D eigenvalue weighted by molar-refractivity contribution is 5.84. The summed E-state index contributed by atoms with van der Waals surface area (Å²) in [6.07, 6.45) is 0. The Hall–Kier alpha value is -4.56. The van der Waals surface area contributed by atoms with Crippen molar-refractivity contribution in [2.24, 2.45) is 0 Å². The van der Waals surface area contributed by atoms with Crippen LogP contribution in [0.4, 0.5) is 8.78 Å². The molecule has 0 aliphatic rings. The zero-order chi connectivity index (χ0) is 23.8. The van der Waals surface area contributed by atoms with Crippen LogP contribution in [0.15, 0.2) is 57.7 Å². The van der Waals surface area contributed by atoms with Gasteiger partial charge >= 0.3 is 6.61 Å². The summed E-state index contributed by atoms with van der Waals surface area (Å²) < 4.78 is 42.2. The number of aromatic amines is 1. The third kappa shape index (κ3) is 3.46. The zero-order valence-corrected chi connectivity index (χ0v) is 17.6. The molecule has 1 N–H and O–H groups in total. The molecule has 0 amide bonds. The predicted molar refractivity (Wildman–Crippen MR) is 116 cm³/mol. The number of nitrogens with one attached hydrogen (secondary N) is 1. The average molecular weight is 463 g/mol. The van der Waals surface area contributed by atoms with Gasteiger partial charge in [-0.25, -0.2) is 4.98 Å². The quantitative estimate of drug-likeness (QED) is 0.402. The Balaban J connectivity index is 1.79. The normalized spacial score (nSPS) is 11.4. The largest absolute Gasteiger partial charge is 0.436 e. The molecule has 0 fully saturated rings. The number of ether oxygens (including phenoxy) is 2. The van der Waals surface area contributed by atoms with Gasteiger partial charge in [0.2, 0.25) is 5.89 Å². The topological polar surface area (TPSA) is 118 Å². The summed E-state index contributed by atoms with van der Waals surface area (Å²) in [6.45, 7) is -3.08. The standard InChI is InChI=1S/C23H15F2N5O4/c1-32-11-14-18(21-28-19-15(33-21)8-5-9-16(19)34-23(24)25)22(31)30-20(27-14)17(13(10-26)29-30)12-6-3-2-4-7-12/h2-9,23,27H,11H2,1H3. The number of alkyl halides is 2. The van der Waals surface area contributed by atoms with Gasteiger partial charge in [-0.2, -0.15) is 23.7 Å². The van der Waals surface area contributed by atoms with Gasteiger partial charge in [-0.15, -0.1) is 0 Å². The lowest BCUT2D eigenvalue weighted by Gasteiger charge is -2.08. The number of fused-ring (bicyclic) bond motifs is 2. The first kappa shape index (κ1) is 21.3. The van der Waals surface area contributed by atoms with Crippen molar-refractivity contribution in [2.75, 3.05) is 7.11 Å². The van der Waals surface area contributed by atoms with Gasteiger partial charge in [0.05, 0.1) is 17.9 Å². The fourth-order valence-corrected chi connectivity index (χ4v) is 3.77. The Kier molecular flexibility index (Phi) is 5.27. The van der Waals surface area contributed by atoms with E-state index < -0.39 is 12.2 Å². The summed E-state index contributed by atoms with van der Waals surface area (Å²) in [7, 11) is 1.45. The number of hydrogen-bond donors (Lipinski definition) is 1. The second-order valence-electron chi connectivity index (χ2n) is 7.18. The summed E-state index contributed by atoms with van der Waals surface area (Å²) in [6, 6.07) is 15.4. The molecule has 9 nitrogen and oxygen atoms in total. The molecule has 0 aliphatic carbocycles. The first-order valence-electron chi connectivity index (χ1n) is 9.99. The molecule has 34 heavy (non-hydrogen) atoms. The third-order valence-corrected chi connectivity index (χ3v) is 5.13. The smallest absolute Gasteiger partial charge is 0.387 e. The number of benzene rings is 2. The van der Waals surface area contributed by atoms with E-state index in [2.05, 4.69) is 19.8 Å². The fraction of sp³-hybridized carbons (Fsp3) is 0.130. The van der Waals surface area contributed by atoms with Gasteiger partial charge < -0.3 is 18.9 Å². The van der Waals surface area contributed by atoms with Crippen LogP contribution >= 0.6 is 0 Å². The Morgan fingerprint density at radius 1 is 1.18 bits per heavy atom. The van der Waals surface area contributed by atoms with Crippen molar-refractivity contribution < 1.29 is 22.7 Å². The van der Waals surface area contributed by atoms with Gasteiger partial charge in [0.1, 0.15) is 17.3 Å². The van der Waals surface area contributed by atoms with E-state index in [1.807, 2.05) is 12.1 Å². The number of oxazole rings is 1. The molecule has 0 atom stereocenters. The lowest BCUT2D eigenvalue weighted by molar-refractivity contribution is -0.0489. The molecule has 0 aliphatic heterocycles. The van der Waals surface area contributed by atoms with Crippen molar-refractivity contribution in [3.63, 3.8) is 0 Å². The molecule has 3 aromatic heterocycles. The van der Waals surface area contributed by atoms with E-state index in [4.69, 9.17) is 9.15 Å². The minimum atomic E-state index is -3.06. The summed E-state index contributed by atoms with van der Waals surface area (Å²) in [5.41, 5.74) is 1.34. The minimum Gasteiger partial charge on any atom is -0.436 e. The molecule has 5 rings (SSSR count). The van der Waals surface area contributed by atoms with Gasteiger partial charge in [-0.05, 0) is 17.7 Å². The van der Waals surface area contributed by atoms with Gasteiger partial charge in [-0.1, -0.05) is 36.4 Å². The van der Waals surface area contributed by atoms with Gasteiger partial charge in [-0.3, -0.25) is 4.79 Å². The van der Waals surface area contributed by atoms with Crippen LogP contribution in [-0.4, -0.2) is 33.3 Å². The maximum atomic E-state index is 13.5. The number of nitriles is 1. The van der Waals surface area contributed by atoms with Crippen molar-refractivity contribution in [3.05, 3.63) is 70.3 Å². The number of nitrogens with zero attached hydrogens (tertiary/aromatic N) is 4. The van der Waals surface area contributed by atoms with E-state index >= 15 is 0 Å². The zero-order valence-electron chi connectivity index (χ0n) is 17.6. The van der Waals surface area contributed by atoms with Crippen LogP contribution in [0.2, 0.25) is 0 Å². The Morgan fingerprint density at radius 3 is 2.68 bits per heavy atom. The molecule has 0 bridgehead atoms. The van der Waals surface area contributed by atoms with Gasteiger partial charge in [0.15, 0.2) is 22.5 Å². The van der Waals surface area contributed by atoms with E-state index in [1.54, 1.807) is 24.3 Å². The van der Waals surface area contributed by atoms with Crippen molar-refractivity contribution in [1.29, 1.82) is 5.26 Å². The van der Waals surface area contributed by atoms with E-state index in [1.165, 1.54) is 25.3 Å². The number of aromatic nitrogens is 4. The van der Waals surface area contributed by atoms with E-state index in [0.29, 0.717) is 22.5 Å². The summed E-state index contributed by atoms with van der Waals surface area (Å²) >= 11 is 0. The maximum absolute atomic E-state index is 13.5. The van der Waals surface area contributed by atoms with Crippen LogP contribution in [-0.2, 0) is 11.3 Å². The van der Waals surface area contributed by atoms with E-state index in [-0.39, 0.29) is 40.6 Å². The Labute approximate surface area is 189 Å². The number of hydrogen-bond acceptors (Lipinski definition) is 7. The molecule has 3 heterocycles.